The summed E-state index contributed by atoms with van der Waals surface area (Å²) in [5, 5.41) is 9.11. The van der Waals surface area contributed by atoms with Crippen molar-refractivity contribution >= 4 is 11.8 Å². The first-order valence-corrected chi connectivity index (χ1v) is 4.89. The first-order chi connectivity index (χ1) is 6.63. The van der Waals surface area contributed by atoms with Crippen molar-refractivity contribution in [3.63, 3.8) is 0 Å². The fourth-order valence-electron chi connectivity index (χ4n) is 1.96. The van der Waals surface area contributed by atoms with E-state index in [4.69, 9.17) is 9.84 Å². The highest BCUT2D eigenvalue weighted by Gasteiger charge is 2.46. The summed E-state index contributed by atoms with van der Waals surface area (Å²) < 4.78 is 4.85. The molecule has 1 fully saturated rings. The predicted molar refractivity (Wildman–Crippen MR) is 50.0 cm³/mol. The van der Waals surface area contributed by atoms with Crippen LogP contribution >= 0.6 is 0 Å². The van der Waals surface area contributed by atoms with Crippen LogP contribution in [0.3, 0.4) is 0 Å². The van der Waals surface area contributed by atoms with Crippen LogP contribution in [0.4, 0.5) is 0 Å². The van der Waals surface area contributed by atoms with Crippen molar-refractivity contribution in [3.8, 4) is 0 Å². The van der Waals surface area contributed by atoms with Crippen LogP contribution in [-0.4, -0.2) is 30.6 Å². The number of carboxylic acid groups (broad SMARTS) is 1. The van der Waals surface area contributed by atoms with Gasteiger partial charge in [-0.05, 0) is 19.3 Å². The van der Waals surface area contributed by atoms with Crippen LogP contribution in [-0.2, 0) is 14.3 Å². The summed E-state index contributed by atoms with van der Waals surface area (Å²) in [7, 11) is 1.52. The summed E-state index contributed by atoms with van der Waals surface area (Å²) in [6, 6.07) is 0. The lowest BCUT2D eigenvalue weighted by Crippen LogP contribution is -2.42. The zero-order chi connectivity index (χ0) is 10.6. The monoisotopic (exact) mass is 200 g/mol. The molecule has 0 aromatic carbocycles. The van der Waals surface area contributed by atoms with Gasteiger partial charge in [-0.25, -0.2) is 0 Å². The number of carbonyl (C=O) groups excluding carboxylic acids is 1. The highest BCUT2D eigenvalue weighted by Crippen LogP contribution is 2.36. The average molecular weight is 200 g/mol. The maximum atomic E-state index is 11.6. The smallest absolute Gasteiger partial charge is 0.317 e. The Hall–Kier alpha value is -0.900. The number of methoxy groups -OCH3 is 1. The Balaban J connectivity index is 2.78. The van der Waals surface area contributed by atoms with Gasteiger partial charge in [0.05, 0.1) is 0 Å². The van der Waals surface area contributed by atoms with Crippen LogP contribution in [0.15, 0.2) is 0 Å². The van der Waals surface area contributed by atoms with Crippen molar-refractivity contribution in [2.75, 3.05) is 13.7 Å². The van der Waals surface area contributed by atoms with Gasteiger partial charge in [-0.1, -0.05) is 6.42 Å². The number of hydrogen-bond acceptors (Lipinski definition) is 3. The summed E-state index contributed by atoms with van der Waals surface area (Å²) in [5.74, 6) is -1.12. The minimum Gasteiger partial charge on any atom is -0.480 e. The van der Waals surface area contributed by atoms with Crippen molar-refractivity contribution in [2.24, 2.45) is 5.41 Å². The summed E-state index contributed by atoms with van der Waals surface area (Å²) >= 11 is 0. The molecule has 4 nitrogen and oxygen atoms in total. The van der Waals surface area contributed by atoms with Gasteiger partial charge in [-0.15, -0.1) is 0 Å². The molecular formula is C10H16O4. The quantitative estimate of drug-likeness (QED) is 0.693. The molecule has 1 aliphatic carbocycles. The van der Waals surface area contributed by atoms with Crippen molar-refractivity contribution in [1.82, 2.24) is 0 Å². The number of hydrogen-bond donors (Lipinski definition) is 1. The van der Waals surface area contributed by atoms with Crippen LogP contribution in [0, 0.1) is 5.41 Å². The van der Waals surface area contributed by atoms with E-state index in [1.807, 2.05) is 0 Å². The fraction of sp³-hybridized carbons (Fsp3) is 0.800. The Kier molecular flexibility index (Phi) is 3.63. The molecule has 80 valence electrons. The number of ketones is 1. The molecule has 4 heteroatoms. The molecule has 0 aliphatic heterocycles. The molecule has 0 saturated heterocycles. The molecule has 0 heterocycles. The summed E-state index contributed by atoms with van der Waals surface area (Å²) in [4.78, 5) is 22.7. The van der Waals surface area contributed by atoms with Gasteiger partial charge in [0.15, 0.2) is 0 Å². The van der Waals surface area contributed by atoms with E-state index in [1.165, 1.54) is 7.11 Å². The van der Waals surface area contributed by atoms with Crippen molar-refractivity contribution < 1.29 is 19.4 Å². The molecule has 1 saturated carbocycles. The van der Waals surface area contributed by atoms with E-state index in [9.17, 15) is 9.59 Å². The summed E-state index contributed by atoms with van der Waals surface area (Å²) in [6.45, 7) is 0.331. The molecule has 0 aromatic rings. The number of aliphatic carboxylic acids is 1. The fourth-order valence-corrected chi connectivity index (χ4v) is 1.96. The van der Waals surface area contributed by atoms with Gasteiger partial charge in [0.25, 0.3) is 0 Å². The zero-order valence-corrected chi connectivity index (χ0v) is 8.41. The Morgan fingerprint density at radius 3 is 2.79 bits per heavy atom. The molecule has 1 rings (SSSR count). The van der Waals surface area contributed by atoms with Crippen LogP contribution in [0.25, 0.3) is 0 Å². The van der Waals surface area contributed by atoms with E-state index in [0.29, 0.717) is 25.9 Å². The molecule has 0 amide bonds. The lowest BCUT2D eigenvalue weighted by atomic mass is 9.71. The van der Waals surface area contributed by atoms with Crippen LogP contribution in [0.2, 0.25) is 0 Å². The number of ether oxygens (including phenoxy) is 1. The van der Waals surface area contributed by atoms with Gasteiger partial charge in [-0.2, -0.15) is 0 Å². The Morgan fingerprint density at radius 2 is 2.29 bits per heavy atom. The van der Waals surface area contributed by atoms with Crippen LogP contribution in [0.1, 0.15) is 32.1 Å². The zero-order valence-electron chi connectivity index (χ0n) is 8.41. The molecule has 0 radical (unpaired) electrons. The highest BCUT2D eigenvalue weighted by molar-refractivity contribution is 6.03. The predicted octanol–water partition coefficient (Wildman–Crippen LogP) is 1.24. The number of carboxylic acids is 1. The third kappa shape index (κ3) is 1.95. The van der Waals surface area contributed by atoms with Gasteiger partial charge in [0.1, 0.15) is 11.2 Å². The van der Waals surface area contributed by atoms with E-state index in [1.54, 1.807) is 0 Å². The SMILES string of the molecule is COCCC1(C(=O)O)CCCCC1=O. The third-order valence-electron chi connectivity index (χ3n) is 2.93. The number of rotatable bonds is 4. The minimum atomic E-state index is -1.16. The number of carbonyl (C=O) groups is 2. The van der Waals surface area contributed by atoms with E-state index in [2.05, 4.69) is 0 Å². The lowest BCUT2D eigenvalue weighted by molar-refractivity contribution is -0.158. The maximum Gasteiger partial charge on any atom is 0.317 e. The topological polar surface area (TPSA) is 63.6 Å². The summed E-state index contributed by atoms with van der Waals surface area (Å²) in [5.41, 5.74) is -1.16. The third-order valence-corrected chi connectivity index (χ3v) is 2.93. The van der Waals surface area contributed by atoms with Crippen molar-refractivity contribution in [2.45, 2.75) is 32.1 Å². The second-order valence-electron chi connectivity index (χ2n) is 3.76. The van der Waals surface area contributed by atoms with Crippen molar-refractivity contribution in [3.05, 3.63) is 0 Å². The molecule has 0 spiro atoms. The molecule has 14 heavy (non-hydrogen) atoms. The molecule has 1 unspecified atom stereocenters. The minimum absolute atomic E-state index is 0.131. The summed E-state index contributed by atoms with van der Waals surface area (Å²) in [6.07, 6.45) is 2.81. The lowest BCUT2D eigenvalue weighted by Gasteiger charge is -2.31. The van der Waals surface area contributed by atoms with Crippen LogP contribution in [0.5, 0.6) is 0 Å². The average Bonchev–Trinajstić information content (AvgIpc) is 2.16. The Labute approximate surface area is 83.2 Å². The first kappa shape index (κ1) is 11.2. The number of Topliss-reactive ketones (excluding diaryl/α,β-unsaturated/α-hetero) is 1. The second-order valence-corrected chi connectivity index (χ2v) is 3.76. The van der Waals surface area contributed by atoms with Gasteiger partial charge in [0, 0.05) is 20.1 Å². The van der Waals surface area contributed by atoms with E-state index in [-0.39, 0.29) is 5.78 Å². The van der Waals surface area contributed by atoms with E-state index >= 15 is 0 Å². The molecule has 1 N–H and O–H groups in total. The van der Waals surface area contributed by atoms with Crippen molar-refractivity contribution in [1.29, 1.82) is 0 Å². The van der Waals surface area contributed by atoms with Gasteiger partial charge in [-0.3, -0.25) is 9.59 Å². The first-order valence-electron chi connectivity index (χ1n) is 4.89. The van der Waals surface area contributed by atoms with Gasteiger partial charge >= 0.3 is 5.97 Å². The normalized spacial score (nSPS) is 27.6. The van der Waals surface area contributed by atoms with Gasteiger partial charge in [0.2, 0.25) is 0 Å². The molecule has 1 aliphatic rings. The van der Waals surface area contributed by atoms with E-state index < -0.39 is 11.4 Å². The maximum absolute atomic E-state index is 11.6. The molecule has 0 aromatic heterocycles. The highest BCUT2D eigenvalue weighted by atomic mass is 16.5. The standard InChI is InChI=1S/C10H16O4/c1-14-7-6-10(9(12)13)5-3-2-4-8(10)11/h2-7H2,1H3,(H,12,13). The Morgan fingerprint density at radius 1 is 1.57 bits per heavy atom. The second kappa shape index (κ2) is 4.55. The molecule has 1 atom stereocenters. The van der Waals surface area contributed by atoms with Gasteiger partial charge < -0.3 is 9.84 Å². The van der Waals surface area contributed by atoms with E-state index in [0.717, 1.165) is 12.8 Å². The Bertz CT molecular complexity index is 236. The largest absolute Gasteiger partial charge is 0.480 e. The van der Waals surface area contributed by atoms with Crippen LogP contribution < -0.4 is 0 Å². The molecular weight excluding hydrogens is 184 g/mol. The molecule has 0 bridgehead atoms.